The maximum absolute atomic E-state index is 11.9. The molecule has 1 N–H and O–H groups in total. The van der Waals surface area contributed by atoms with E-state index in [0.29, 0.717) is 10.9 Å². The Hall–Kier alpha value is -2.73. The first-order valence-electron chi connectivity index (χ1n) is 7.06. The van der Waals surface area contributed by atoms with E-state index in [4.69, 9.17) is 4.74 Å². The van der Waals surface area contributed by atoms with E-state index in [9.17, 15) is 4.79 Å². The zero-order chi connectivity index (χ0) is 16.1. The van der Waals surface area contributed by atoms with Gasteiger partial charge in [0, 0.05) is 23.3 Å². The number of carbonyl (C=O) groups excluding carboxylic acids is 1. The predicted molar refractivity (Wildman–Crippen MR) is 90.6 cm³/mol. The van der Waals surface area contributed by atoms with Gasteiger partial charge in [0.1, 0.15) is 5.75 Å². The Balaban J connectivity index is 1.56. The molecule has 116 valence electrons. The number of thiazole rings is 1. The average Bonchev–Trinajstić information content (AvgIpc) is 3.04. The molecule has 0 aliphatic carbocycles. The molecule has 2 aromatic heterocycles. The van der Waals surface area contributed by atoms with Crippen molar-refractivity contribution in [1.82, 2.24) is 9.97 Å². The van der Waals surface area contributed by atoms with Crippen molar-refractivity contribution in [2.45, 2.75) is 6.92 Å². The molecule has 0 bridgehead atoms. The SMILES string of the molecule is Cc1ccc(OCC(=O)Nc2nc(-c3ccncc3)cs2)cc1. The number of rotatable bonds is 5. The Labute approximate surface area is 138 Å². The first-order valence-corrected chi connectivity index (χ1v) is 7.94. The third-order valence-electron chi connectivity index (χ3n) is 3.12. The first kappa shape index (κ1) is 15.2. The summed E-state index contributed by atoms with van der Waals surface area (Å²) >= 11 is 1.38. The maximum atomic E-state index is 11.9. The molecule has 3 aromatic rings. The van der Waals surface area contributed by atoms with Gasteiger partial charge >= 0.3 is 0 Å². The summed E-state index contributed by atoms with van der Waals surface area (Å²) in [5, 5.41) is 5.19. The molecular formula is C17H15N3O2S. The van der Waals surface area contributed by atoms with Crippen molar-refractivity contribution in [2.24, 2.45) is 0 Å². The van der Waals surface area contributed by atoms with Crippen molar-refractivity contribution in [1.29, 1.82) is 0 Å². The summed E-state index contributed by atoms with van der Waals surface area (Å²) in [6.45, 7) is 1.95. The van der Waals surface area contributed by atoms with Crippen LogP contribution in [0.25, 0.3) is 11.3 Å². The number of ether oxygens (including phenoxy) is 1. The van der Waals surface area contributed by atoms with Gasteiger partial charge in [-0.05, 0) is 31.2 Å². The summed E-state index contributed by atoms with van der Waals surface area (Å²) in [6.07, 6.45) is 3.42. The van der Waals surface area contributed by atoms with E-state index in [1.54, 1.807) is 12.4 Å². The molecular weight excluding hydrogens is 310 g/mol. The molecule has 5 nitrogen and oxygen atoms in total. The Morgan fingerprint density at radius 2 is 1.91 bits per heavy atom. The van der Waals surface area contributed by atoms with Crippen molar-refractivity contribution < 1.29 is 9.53 Å². The largest absolute Gasteiger partial charge is 0.484 e. The molecule has 0 radical (unpaired) electrons. The van der Waals surface area contributed by atoms with Crippen LogP contribution in [0.4, 0.5) is 5.13 Å². The lowest BCUT2D eigenvalue weighted by Gasteiger charge is -2.05. The molecule has 23 heavy (non-hydrogen) atoms. The van der Waals surface area contributed by atoms with Crippen LogP contribution in [0.1, 0.15) is 5.56 Å². The monoisotopic (exact) mass is 325 g/mol. The number of aromatic nitrogens is 2. The van der Waals surface area contributed by atoms with Crippen LogP contribution in [0.15, 0.2) is 54.2 Å². The van der Waals surface area contributed by atoms with Gasteiger partial charge in [-0.1, -0.05) is 17.7 Å². The Bertz CT molecular complexity index is 785. The molecule has 0 atom stereocenters. The van der Waals surface area contributed by atoms with Gasteiger partial charge in [-0.25, -0.2) is 4.98 Å². The third kappa shape index (κ3) is 4.14. The number of amides is 1. The van der Waals surface area contributed by atoms with E-state index < -0.39 is 0 Å². The number of hydrogen-bond donors (Lipinski definition) is 1. The van der Waals surface area contributed by atoms with Gasteiger partial charge in [-0.2, -0.15) is 0 Å². The van der Waals surface area contributed by atoms with E-state index in [-0.39, 0.29) is 12.5 Å². The maximum Gasteiger partial charge on any atom is 0.264 e. The first-order chi connectivity index (χ1) is 11.2. The second kappa shape index (κ2) is 7.02. The average molecular weight is 325 g/mol. The highest BCUT2D eigenvalue weighted by Crippen LogP contribution is 2.24. The number of pyridine rings is 1. The molecule has 1 amide bonds. The molecule has 0 saturated heterocycles. The van der Waals surface area contributed by atoms with Gasteiger partial charge in [0.2, 0.25) is 0 Å². The summed E-state index contributed by atoms with van der Waals surface area (Å²) < 4.78 is 5.44. The van der Waals surface area contributed by atoms with Crippen molar-refractivity contribution in [3.63, 3.8) is 0 Å². The molecule has 0 aliphatic heterocycles. The second-order valence-corrected chi connectivity index (χ2v) is 5.78. The zero-order valence-electron chi connectivity index (χ0n) is 12.5. The highest BCUT2D eigenvalue weighted by atomic mass is 32.1. The Morgan fingerprint density at radius 1 is 1.17 bits per heavy atom. The molecule has 6 heteroatoms. The lowest BCUT2D eigenvalue weighted by Crippen LogP contribution is -2.20. The number of aryl methyl sites for hydroxylation is 1. The van der Waals surface area contributed by atoms with E-state index in [1.807, 2.05) is 48.7 Å². The summed E-state index contributed by atoms with van der Waals surface area (Å²) in [5.74, 6) is 0.434. The lowest BCUT2D eigenvalue weighted by atomic mass is 10.2. The smallest absolute Gasteiger partial charge is 0.264 e. The van der Waals surface area contributed by atoms with Crippen molar-refractivity contribution in [2.75, 3.05) is 11.9 Å². The van der Waals surface area contributed by atoms with Gasteiger partial charge in [-0.15, -0.1) is 11.3 Å². The van der Waals surface area contributed by atoms with E-state index in [0.717, 1.165) is 16.8 Å². The zero-order valence-corrected chi connectivity index (χ0v) is 13.3. The van der Waals surface area contributed by atoms with Crippen LogP contribution in [0, 0.1) is 6.92 Å². The fourth-order valence-electron chi connectivity index (χ4n) is 1.93. The molecule has 0 spiro atoms. The minimum Gasteiger partial charge on any atom is -0.484 e. The summed E-state index contributed by atoms with van der Waals surface area (Å²) in [6, 6.07) is 11.3. The number of anilines is 1. The van der Waals surface area contributed by atoms with E-state index in [2.05, 4.69) is 15.3 Å². The van der Waals surface area contributed by atoms with Crippen LogP contribution < -0.4 is 10.1 Å². The molecule has 0 aliphatic rings. The molecule has 3 rings (SSSR count). The lowest BCUT2D eigenvalue weighted by molar-refractivity contribution is -0.118. The van der Waals surface area contributed by atoms with Crippen LogP contribution in [0.5, 0.6) is 5.75 Å². The Morgan fingerprint density at radius 3 is 2.65 bits per heavy atom. The highest BCUT2D eigenvalue weighted by molar-refractivity contribution is 7.14. The minimum absolute atomic E-state index is 0.0484. The molecule has 1 aromatic carbocycles. The third-order valence-corrected chi connectivity index (χ3v) is 3.88. The van der Waals surface area contributed by atoms with Crippen molar-refractivity contribution >= 4 is 22.4 Å². The predicted octanol–water partition coefficient (Wildman–Crippen LogP) is 3.53. The van der Waals surface area contributed by atoms with Gasteiger partial charge in [0.25, 0.3) is 5.91 Å². The molecule has 0 fully saturated rings. The van der Waals surface area contributed by atoms with Gasteiger partial charge < -0.3 is 4.74 Å². The van der Waals surface area contributed by atoms with E-state index >= 15 is 0 Å². The minimum atomic E-state index is -0.235. The molecule has 2 heterocycles. The van der Waals surface area contributed by atoms with Gasteiger partial charge in [-0.3, -0.25) is 15.1 Å². The number of nitrogens with zero attached hydrogens (tertiary/aromatic N) is 2. The topological polar surface area (TPSA) is 64.1 Å². The van der Waals surface area contributed by atoms with Crippen LogP contribution >= 0.6 is 11.3 Å². The summed E-state index contributed by atoms with van der Waals surface area (Å²) in [7, 11) is 0. The van der Waals surface area contributed by atoms with Crippen molar-refractivity contribution in [3.8, 4) is 17.0 Å². The molecule has 0 saturated carbocycles. The summed E-state index contributed by atoms with van der Waals surface area (Å²) in [4.78, 5) is 20.3. The summed E-state index contributed by atoms with van der Waals surface area (Å²) in [5.41, 5.74) is 2.92. The van der Waals surface area contributed by atoms with Gasteiger partial charge in [0.15, 0.2) is 11.7 Å². The van der Waals surface area contributed by atoms with Crippen molar-refractivity contribution in [3.05, 3.63) is 59.7 Å². The fourth-order valence-corrected chi connectivity index (χ4v) is 2.66. The van der Waals surface area contributed by atoms with Crippen LogP contribution in [0.2, 0.25) is 0 Å². The fraction of sp³-hybridized carbons (Fsp3) is 0.118. The quantitative estimate of drug-likeness (QED) is 0.779. The number of benzene rings is 1. The second-order valence-electron chi connectivity index (χ2n) is 4.92. The standard InChI is InChI=1S/C17H15N3O2S/c1-12-2-4-14(5-3-12)22-10-16(21)20-17-19-15(11-23-17)13-6-8-18-9-7-13/h2-9,11H,10H2,1H3,(H,19,20,21). The number of hydrogen-bond acceptors (Lipinski definition) is 5. The normalized spacial score (nSPS) is 10.3. The van der Waals surface area contributed by atoms with Gasteiger partial charge in [0.05, 0.1) is 5.69 Å². The van der Waals surface area contributed by atoms with Crippen LogP contribution in [-0.2, 0) is 4.79 Å². The molecule has 0 unspecified atom stereocenters. The number of nitrogens with one attached hydrogen (secondary N) is 1. The van der Waals surface area contributed by atoms with Crippen LogP contribution in [-0.4, -0.2) is 22.5 Å². The number of carbonyl (C=O) groups is 1. The highest BCUT2D eigenvalue weighted by Gasteiger charge is 2.08. The van der Waals surface area contributed by atoms with Crippen LogP contribution in [0.3, 0.4) is 0 Å². The van der Waals surface area contributed by atoms with E-state index in [1.165, 1.54) is 11.3 Å². The Kier molecular flexibility index (Phi) is 4.63.